The molecule has 1 atom stereocenters. The highest BCUT2D eigenvalue weighted by molar-refractivity contribution is 5.76. The Hall–Kier alpha value is -2.24. The number of halogens is 3. The maximum absolute atomic E-state index is 13.0. The Kier molecular flexibility index (Phi) is 6.42. The largest absolute Gasteiger partial charge is 0.481 e. The van der Waals surface area contributed by atoms with Crippen molar-refractivity contribution in [3.63, 3.8) is 0 Å². The highest BCUT2D eigenvalue weighted by atomic mass is 19.4. The summed E-state index contributed by atoms with van der Waals surface area (Å²) in [5.41, 5.74) is 6.46. The van der Waals surface area contributed by atoms with E-state index >= 15 is 0 Å². The monoisotopic (exact) mass is 326 g/mol. The number of nitrogens with two attached hydrogens (primary N) is 1. The van der Waals surface area contributed by atoms with E-state index in [-0.39, 0.29) is 5.70 Å². The van der Waals surface area contributed by atoms with Crippen LogP contribution in [0.3, 0.4) is 0 Å². The van der Waals surface area contributed by atoms with E-state index in [1.165, 1.54) is 26.3 Å². The van der Waals surface area contributed by atoms with Crippen LogP contribution in [0.25, 0.3) is 5.57 Å². The first-order valence-electron chi connectivity index (χ1n) is 7.14. The standard InChI is InChI=1S/C17H21F3N2O/c1-5-11(2)14(17(18,19)20)6-7-15(21)12(3)13-8-9-22-16(10-13)23-4/h6-11H,3,5,21H2,1-2,4H3/b14-6+,15-7+. The van der Waals surface area contributed by atoms with Gasteiger partial charge in [-0.3, -0.25) is 0 Å². The number of rotatable bonds is 6. The second kappa shape index (κ2) is 7.85. The lowest BCUT2D eigenvalue weighted by molar-refractivity contribution is -0.0984. The minimum absolute atomic E-state index is 0.156. The minimum atomic E-state index is -4.38. The summed E-state index contributed by atoms with van der Waals surface area (Å²) in [5, 5.41) is 0. The van der Waals surface area contributed by atoms with Crippen LogP contribution in [0.4, 0.5) is 13.2 Å². The number of aromatic nitrogens is 1. The van der Waals surface area contributed by atoms with Crippen molar-refractivity contribution < 1.29 is 17.9 Å². The van der Waals surface area contributed by atoms with Gasteiger partial charge in [-0.15, -0.1) is 0 Å². The van der Waals surface area contributed by atoms with Crippen LogP contribution in [0, 0.1) is 5.92 Å². The molecule has 1 aromatic heterocycles. The van der Waals surface area contributed by atoms with E-state index in [0.29, 0.717) is 23.4 Å². The lowest BCUT2D eigenvalue weighted by atomic mass is 9.97. The number of allylic oxidation sites excluding steroid dienone is 4. The molecule has 0 aliphatic carbocycles. The Morgan fingerprint density at radius 3 is 2.61 bits per heavy atom. The number of alkyl halides is 3. The van der Waals surface area contributed by atoms with E-state index in [4.69, 9.17) is 10.5 Å². The van der Waals surface area contributed by atoms with Gasteiger partial charge in [-0.2, -0.15) is 13.2 Å². The van der Waals surface area contributed by atoms with Crippen molar-refractivity contribution in [2.45, 2.75) is 26.4 Å². The van der Waals surface area contributed by atoms with Crippen LogP contribution >= 0.6 is 0 Å². The Morgan fingerprint density at radius 2 is 2.09 bits per heavy atom. The number of hydrogen-bond acceptors (Lipinski definition) is 3. The van der Waals surface area contributed by atoms with Crippen molar-refractivity contribution >= 4 is 5.57 Å². The van der Waals surface area contributed by atoms with Gasteiger partial charge in [0.1, 0.15) is 0 Å². The molecule has 6 heteroatoms. The van der Waals surface area contributed by atoms with Gasteiger partial charge in [0.2, 0.25) is 5.88 Å². The van der Waals surface area contributed by atoms with E-state index in [1.807, 2.05) is 0 Å². The molecule has 1 heterocycles. The van der Waals surface area contributed by atoms with Crippen molar-refractivity contribution in [3.8, 4) is 5.88 Å². The summed E-state index contributed by atoms with van der Waals surface area (Å²) in [5.74, 6) is -0.226. The quantitative estimate of drug-likeness (QED) is 0.784. The Morgan fingerprint density at radius 1 is 1.43 bits per heavy atom. The highest BCUT2D eigenvalue weighted by Gasteiger charge is 2.35. The fraction of sp³-hybridized carbons (Fsp3) is 0.353. The van der Waals surface area contributed by atoms with Gasteiger partial charge in [0, 0.05) is 23.5 Å². The fourth-order valence-corrected chi connectivity index (χ4v) is 1.91. The summed E-state index contributed by atoms with van der Waals surface area (Å²) in [4.78, 5) is 3.96. The van der Waals surface area contributed by atoms with E-state index in [1.54, 1.807) is 19.1 Å². The van der Waals surface area contributed by atoms with Crippen LogP contribution in [-0.4, -0.2) is 18.3 Å². The molecule has 1 unspecified atom stereocenters. The Labute approximate surface area is 134 Å². The van der Waals surface area contributed by atoms with Crippen molar-refractivity contribution in [2.75, 3.05) is 7.11 Å². The van der Waals surface area contributed by atoms with Crippen LogP contribution in [0.1, 0.15) is 25.8 Å². The first kappa shape index (κ1) is 18.8. The van der Waals surface area contributed by atoms with Crippen molar-refractivity contribution in [2.24, 2.45) is 11.7 Å². The zero-order valence-corrected chi connectivity index (χ0v) is 13.4. The molecule has 0 aromatic carbocycles. The van der Waals surface area contributed by atoms with Crippen molar-refractivity contribution in [3.05, 3.63) is 53.9 Å². The lowest BCUT2D eigenvalue weighted by Crippen LogP contribution is -2.18. The fourth-order valence-electron chi connectivity index (χ4n) is 1.91. The van der Waals surface area contributed by atoms with Crippen LogP contribution < -0.4 is 10.5 Å². The van der Waals surface area contributed by atoms with E-state index in [9.17, 15) is 13.2 Å². The first-order valence-corrected chi connectivity index (χ1v) is 7.14. The number of pyridine rings is 1. The molecule has 0 spiro atoms. The molecular weight excluding hydrogens is 305 g/mol. The van der Waals surface area contributed by atoms with Crippen LogP contribution in [-0.2, 0) is 0 Å². The third kappa shape index (κ3) is 5.16. The average molecular weight is 326 g/mol. The summed E-state index contributed by atoms with van der Waals surface area (Å²) in [6.45, 7) is 7.06. The Balaban J connectivity index is 3.10. The summed E-state index contributed by atoms with van der Waals surface area (Å²) in [6.07, 6.45) is -0.213. The van der Waals surface area contributed by atoms with E-state index < -0.39 is 17.7 Å². The zero-order chi connectivity index (χ0) is 17.6. The smallest absolute Gasteiger partial charge is 0.412 e. The number of ether oxygens (including phenoxy) is 1. The number of nitrogens with zero attached hydrogens (tertiary/aromatic N) is 1. The molecule has 0 saturated carbocycles. The molecule has 1 rings (SSSR count). The molecule has 1 aromatic rings. The molecular formula is C17H21F3N2O. The predicted molar refractivity (Wildman–Crippen MR) is 85.7 cm³/mol. The SMILES string of the molecule is C=C(/C(N)=C\C=C(/C(C)CC)C(F)(F)F)c1ccnc(OC)c1. The second-order valence-electron chi connectivity index (χ2n) is 5.12. The summed E-state index contributed by atoms with van der Waals surface area (Å²) < 4.78 is 44.1. The molecule has 2 N–H and O–H groups in total. The Bertz CT molecular complexity index is 619. The molecule has 126 valence electrons. The van der Waals surface area contributed by atoms with Gasteiger partial charge in [0.05, 0.1) is 7.11 Å². The van der Waals surface area contributed by atoms with Gasteiger partial charge in [0.15, 0.2) is 0 Å². The summed E-state index contributed by atoms with van der Waals surface area (Å²) in [7, 11) is 1.47. The first-order chi connectivity index (χ1) is 10.7. The van der Waals surface area contributed by atoms with Gasteiger partial charge in [-0.25, -0.2) is 4.98 Å². The molecule has 23 heavy (non-hydrogen) atoms. The minimum Gasteiger partial charge on any atom is -0.481 e. The summed E-state index contributed by atoms with van der Waals surface area (Å²) >= 11 is 0. The molecule has 0 saturated heterocycles. The molecule has 0 fully saturated rings. The molecule has 0 aliphatic heterocycles. The molecule has 0 amide bonds. The van der Waals surface area contributed by atoms with Crippen molar-refractivity contribution in [1.29, 1.82) is 0 Å². The van der Waals surface area contributed by atoms with Gasteiger partial charge in [0.25, 0.3) is 0 Å². The van der Waals surface area contributed by atoms with Gasteiger partial charge < -0.3 is 10.5 Å². The van der Waals surface area contributed by atoms with Crippen LogP contribution in [0.15, 0.2) is 48.3 Å². The van der Waals surface area contributed by atoms with E-state index in [0.717, 1.165) is 6.08 Å². The number of methoxy groups -OCH3 is 1. The highest BCUT2D eigenvalue weighted by Crippen LogP contribution is 2.33. The lowest BCUT2D eigenvalue weighted by Gasteiger charge is -2.17. The third-order valence-corrected chi connectivity index (χ3v) is 3.55. The maximum Gasteiger partial charge on any atom is 0.412 e. The molecule has 0 aliphatic rings. The number of hydrogen-bond donors (Lipinski definition) is 1. The molecule has 0 radical (unpaired) electrons. The predicted octanol–water partition coefficient (Wildman–Crippen LogP) is 4.48. The third-order valence-electron chi connectivity index (χ3n) is 3.55. The topological polar surface area (TPSA) is 48.1 Å². The summed E-state index contributed by atoms with van der Waals surface area (Å²) in [6, 6.07) is 3.28. The molecule has 0 bridgehead atoms. The normalized spacial score (nSPS) is 14.5. The second-order valence-corrected chi connectivity index (χ2v) is 5.12. The van der Waals surface area contributed by atoms with Crippen molar-refractivity contribution in [1.82, 2.24) is 4.98 Å². The zero-order valence-electron chi connectivity index (χ0n) is 13.4. The van der Waals surface area contributed by atoms with Gasteiger partial charge >= 0.3 is 6.18 Å². The van der Waals surface area contributed by atoms with E-state index in [2.05, 4.69) is 11.6 Å². The van der Waals surface area contributed by atoms with Crippen LogP contribution in [0.5, 0.6) is 5.88 Å². The molecule has 3 nitrogen and oxygen atoms in total. The average Bonchev–Trinajstić information content (AvgIpc) is 2.52. The van der Waals surface area contributed by atoms with Crippen LogP contribution in [0.2, 0.25) is 0 Å². The van der Waals surface area contributed by atoms with Gasteiger partial charge in [-0.05, 0) is 35.6 Å². The maximum atomic E-state index is 13.0. The van der Waals surface area contributed by atoms with Gasteiger partial charge in [-0.1, -0.05) is 26.5 Å².